The monoisotopic (exact) mass is 273 g/mol. The van der Waals surface area contributed by atoms with Crippen molar-refractivity contribution in [2.45, 2.75) is 32.4 Å². The Kier molecular flexibility index (Phi) is 4.03. The Morgan fingerprint density at radius 2 is 2.16 bits per heavy atom. The maximum atomic E-state index is 9.03. The second-order valence-electron chi connectivity index (χ2n) is 5.84. The average Bonchev–Trinajstić information content (AvgIpc) is 2.76. The number of nitrogens with zero attached hydrogens (tertiary/aromatic N) is 3. The molecule has 5 heteroatoms. The van der Waals surface area contributed by atoms with E-state index < -0.39 is 8.07 Å². The Morgan fingerprint density at radius 3 is 2.84 bits per heavy atom. The summed E-state index contributed by atoms with van der Waals surface area (Å²) in [7, 11) is -1.05. The minimum atomic E-state index is -1.05. The summed E-state index contributed by atoms with van der Waals surface area (Å²) in [5.41, 5.74) is 1.61. The first-order chi connectivity index (χ1) is 9.01. The molecule has 1 heterocycles. The molecule has 0 unspecified atom stereocenters. The van der Waals surface area contributed by atoms with Gasteiger partial charge in [-0.1, -0.05) is 25.7 Å². The zero-order chi connectivity index (χ0) is 13.9. The Labute approximate surface area is 114 Å². The molecule has 19 heavy (non-hydrogen) atoms. The summed E-state index contributed by atoms with van der Waals surface area (Å²) in [6.07, 6.45) is 1.73. The lowest BCUT2D eigenvalue weighted by Crippen LogP contribution is -2.22. The SMILES string of the molecule is C[Si](C)(C)CCOCn1ncc2c(C#N)cccc21. The molecular formula is C14H19N3OSi. The Balaban J connectivity index is 2.04. The van der Waals surface area contributed by atoms with E-state index in [0.29, 0.717) is 12.3 Å². The number of fused-ring (bicyclic) bond motifs is 1. The van der Waals surface area contributed by atoms with E-state index in [-0.39, 0.29) is 0 Å². The first-order valence-corrected chi connectivity index (χ1v) is 10.1. The van der Waals surface area contributed by atoms with Crippen molar-refractivity contribution in [1.82, 2.24) is 9.78 Å². The van der Waals surface area contributed by atoms with E-state index in [4.69, 9.17) is 10.00 Å². The van der Waals surface area contributed by atoms with Crippen LogP contribution in [0, 0.1) is 11.3 Å². The molecule has 2 rings (SSSR count). The third-order valence-corrected chi connectivity index (χ3v) is 4.72. The molecule has 1 aromatic heterocycles. The Hall–Kier alpha value is -1.64. The van der Waals surface area contributed by atoms with Crippen LogP contribution < -0.4 is 0 Å². The summed E-state index contributed by atoms with van der Waals surface area (Å²) in [4.78, 5) is 0. The van der Waals surface area contributed by atoms with Gasteiger partial charge in [-0.2, -0.15) is 10.4 Å². The molecule has 0 N–H and O–H groups in total. The largest absolute Gasteiger partial charge is 0.360 e. The molecule has 2 aromatic rings. The molecule has 0 bridgehead atoms. The number of aromatic nitrogens is 2. The highest BCUT2D eigenvalue weighted by atomic mass is 28.3. The maximum Gasteiger partial charge on any atom is 0.139 e. The lowest BCUT2D eigenvalue weighted by Gasteiger charge is -2.15. The number of benzene rings is 1. The van der Waals surface area contributed by atoms with Crippen molar-refractivity contribution in [3.8, 4) is 6.07 Å². The minimum absolute atomic E-state index is 0.447. The molecular weight excluding hydrogens is 254 g/mol. The summed E-state index contributed by atoms with van der Waals surface area (Å²) in [6.45, 7) is 8.22. The number of nitriles is 1. The Bertz CT molecular complexity index is 607. The lowest BCUT2D eigenvalue weighted by atomic mass is 10.1. The van der Waals surface area contributed by atoms with E-state index in [0.717, 1.165) is 23.6 Å². The molecule has 100 valence electrons. The topological polar surface area (TPSA) is 50.8 Å². The normalized spacial score (nSPS) is 11.7. The standard InChI is InChI=1S/C14H19N3OSi/c1-19(2,3)8-7-18-11-17-14-6-4-5-12(9-15)13(14)10-16-17/h4-6,10H,7-8,11H2,1-3H3. The van der Waals surface area contributed by atoms with Crippen molar-refractivity contribution in [3.05, 3.63) is 30.0 Å². The van der Waals surface area contributed by atoms with Crippen molar-refractivity contribution in [3.63, 3.8) is 0 Å². The van der Waals surface area contributed by atoms with Crippen LogP contribution in [0.25, 0.3) is 10.9 Å². The predicted octanol–water partition coefficient (Wildman–Crippen LogP) is 3.22. The fraction of sp³-hybridized carbons (Fsp3) is 0.429. The van der Waals surface area contributed by atoms with E-state index in [1.807, 2.05) is 12.1 Å². The van der Waals surface area contributed by atoms with Crippen LogP contribution >= 0.6 is 0 Å². The van der Waals surface area contributed by atoms with Crippen LogP contribution in [0.15, 0.2) is 24.4 Å². The van der Waals surface area contributed by atoms with Crippen molar-refractivity contribution in [2.75, 3.05) is 6.61 Å². The van der Waals surface area contributed by atoms with Gasteiger partial charge in [0.05, 0.1) is 23.3 Å². The summed E-state index contributed by atoms with van der Waals surface area (Å²) >= 11 is 0. The molecule has 0 aliphatic heterocycles. The van der Waals surface area contributed by atoms with Gasteiger partial charge in [-0.05, 0) is 18.2 Å². The Morgan fingerprint density at radius 1 is 1.37 bits per heavy atom. The smallest absolute Gasteiger partial charge is 0.139 e. The fourth-order valence-electron chi connectivity index (χ4n) is 1.83. The van der Waals surface area contributed by atoms with Gasteiger partial charge in [0.15, 0.2) is 0 Å². The zero-order valence-electron chi connectivity index (χ0n) is 11.7. The highest BCUT2D eigenvalue weighted by molar-refractivity contribution is 6.76. The highest BCUT2D eigenvalue weighted by Gasteiger charge is 2.12. The first-order valence-electron chi connectivity index (χ1n) is 6.44. The van der Waals surface area contributed by atoms with Crippen LogP contribution in [0.4, 0.5) is 0 Å². The van der Waals surface area contributed by atoms with Gasteiger partial charge in [0.2, 0.25) is 0 Å². The van der Waals surface area contributed by atoms with Crippen LogP contribution in [-0.4, -0.2) is 24.5 Å². The van der Waals surface area contributed by atoms with Gasteiger partial charge in [-0.3, -0.25) is 0 Å². The predicted molar refractivity (Wildman–Crippen MR) is 78.6 cm³/mol. The van der Waals surface area contributed by atoms with E-state index in [1.165, 1.54) is 0 Å². The molecule has 0 fully saturated rings. The molecule has 0 amide bonds. The van der Waals surface area contributed by atoms with Gasteiger partial charge < -0.3 is 4.74 Å². The molecule has 1 aromatic carbocycles. The van der Waals surface area contributed by atoms with Crippen LogP contribution in [0.2, 0.25) is 25.7 Å². The van der Waals surface area contributed by atoms with Crippen molar-refractivity contribution < 1.29 is 4.74 Å². The second kappa shape index (κ2) is 5.55. The van der Waals surface area contributed by atoms with Crippen molar-refractivity contribution >= 4 is 19.0 Å². The van der Waals surface area contributed by atoms with E-state index in [9.17, 15) is 0 Å². The third-order valence-electron chi connectivity index (χ3n) is 3.02. The van der Waals surface area contributed by atoms with Gasteiger partial charge in [0.25, 0.3) is 0 Å². The molecule has 0 saturated carbocycles. The van der Waals surface area contributed by atoms with Gasteiger partial charge in [-0.15, -0.1) is 0 Å². The molecule has 0 aliphatic carbocycles. The quantitative estimate of drug-likeness (QED) is 0.621. The number of hydrogen-bond donors (Lipinski definition) is 0. The molecule has 0 radical (unpaired) electrons. The molecule has 0 spiro atoms. The van der Waals surface area contributed by atoms with Gasteiger partial charge in [0, 0.05) is 20.1 Å². The van der Waals surface area contributed by atoms with Crippen LogP contribution in [0.5, 0.6) is 0 Å². The number of hydrogen-bond acceptors (Lipinski definition) is 3. The first kappa shape index (κ1) is 13.8. The molecule has 0 saturated heterocycles. The van der Waals surface area contributed by atoms with Gasteiger partial charge in [0.1, 0.15) is 6.73 Å². The van der Waals surface area contributed by atoms with E-state index in [2.05, 4.69) is 30.8 Å². The highest BCUT2D eigenvalue weighted by Crippen LogP contribution is 2.18. The third kappa shape index (κ3) is 3.43. The van der Waals surface area contributed by atoms with Crippen molar-refractivity contribution in [1.29, 1.82) is 5.26 Å². The molecule has 0 atom stereocenters. The summed E-state index contributed by atoms with van der Waals surface area (Å²) in [5.74, 6) is 0. The van der Waals surface area contributed by atoms with Crippen molar-refractivity contribution in [2.24, 2.45) is 0 Å². The summed E-state index contributed by atoms with van der Waals surface area (Å²) in [5, 5.41) is 14.2. The molecule has 0 aliphatic rings. The van der Waals surface area contributed by atoms with E-state index in [1.54, 1.807) is 16.9 Å². The van der Waals surface area contributed by atoms with Gasteiger partial charge >= 0.3 is 0 Å². The lowest BCUT2D eigenvalue weighted by molar-refractivity contribution is 0.0817. The summed E-state index contributed by atoms with van der Waals surface area (Å²) in [6, 6.07) is 8.98. The number of rotatable bonds is 5. The maximum absolute atomic E-state index is 9.03. The van der Waals surface area contributed by atoms with Crippen LogP contribution in [-0.2, 0) is 11.5 Å². The number of ether oxygens (including phenoxy) is 1. The molecule has 4 nitrogen and oxygen atoms in total. The van der Waals surface area contributed by atoms with E-state index >= 15 is 0 Å². The minimum Gasteiger partial charge on any atom is -0.360 e. The average molecular weight is 273 g/mol. The fourth-order valence-corrected chi connectivity index (χ4v) is 2.59. The summed E-state index contributed by atoms with van der Waals surface area (Å²) < 4.78 is 7.49. The zero-order valence-corrected chi connectivity index (χ0v) is 12.7. The van der Waals surface area contributed by atoms with Crippen LogP contribution in [0.1, 0.15) is 5.56 Å². The van der Waals surface area contributed by atoms with Crippen LogP contribution in [0.3, 0.4) is 0 Å². The second-order valence-corrected chi connectivity index (χ2v) is 11.5. The van der Waals surface area contributed by atoms with Gasteiger partial charge in [-0.25, -0.2) is 4.68 Å².